The van der Waals surface area contributed by atoms with E-state index in [9.17, 15) is 4.79 Å². The summed E-state index contributed by atoms with van der Waals surface area (Å²) in [5.41, 5.74) is 2.23. The molecule has 1 amide bonds. The number of nitrogens with zero attached hydrogens (tertiary/aromatic N) is 2. The Bertz CT molecular complexity index is 636. The van der Waals surface area contributed by atoms with E-state index in [2.05, 4.69) is 5.16 Å². The van der Waals surface area contributed by atoms with E-state index in [1.165, 1.54) is 0 Å². The number of carbonyl (C=O) groups excluding carboxylic acids is 1. The minimum absolute atomic E-state index is 0.161. The Morgan fingerprint density at radius 2 is 2.32 bits per heavy atom. The predicted octanol–water partition coefficient (Wildman–Crippen LogP) is 3.23. The third-order valence-corrected chi connectivity index (χ3v) is 3.57. The lowest BCUT2D eigenvalue weighted by Crippen LogP contribution is -2.35. The summed E-state index contributed by atoms with van der Waals surface area (Å²) in [6.07, 6.45) is 1.87. The molecule has 19 heavy (non-hydrogen) atoms. The minimum atomic E-state index is -0.161. The molecule has 1 aromatic heterocycles. The van der Waals surface area contributed by atoms with E-state index in [0.29, 0.717) is 23.0 Å². The Hall–Kier alpha value is -1.81. The van der Waals surface area contributed by atoms with Crippen molar-refractivity contribution in [3.05, 3.63) is 46.3 Å². The number of para-hydroxylation sites is 1. The van der Waals surface area contributed by atoms with Crippen LogP contribution < -0.4 is 4.90 Å². The van der Waals surface area contributed by atoms with Crippen LogP contribution in [0.1, 0.15) is 28.2 Å². The lowest BCUT2D eigenvalue weighted by Gasteiger charge is -2.29. The number of halogens is 1. The number of rotatable bonds is 1. The maximum Gasteiger partial charge on any atom is 0.280 e. The summed E-state index contributed by atoms with van der Waals surface area (Å²) in [4.78, 5) is 14.2. The molecule has 0 N–H and O–H groups in total. The molecule has 2 heterocycles. The van der Waals surface area contributed by atoms with Gasteiger partial charge >= 0.3 is 0 Å². The van der Waals surface area contributed by atoms with Gasteiger partial charge in [-0.1, -0.05) is 28.9 Å². The van der Waals surface area contributed by atoms with Gasteiger partial charge in [-0.05, 0) is 31.4 Å². The molecule has 2 aromatic rings. The van der Waals surface area contributed by atoms with Crippen LogP contribution in [0.4, 0.5) is 5.69 Å². The lowest BCUT2D eigenvalue weighted by atomic mass is 10.0. The molecule has 0 atom stereocenters. The monoisotopic (exact) mass is 276 g/mol. The van der Waals surface area contributed by atoms with E-state index in [4.69, 9.17) is 16.1 Å². The number of anilines is 1. The van der Waals surface area contributed by atoms with Crippen LogP contribution in [-0.4, -0.2) is 17.6 Å². The van der Waals surface area contributed by atoms with Crippen molar-refractivity contribution < 1.29 is 9.32 Å². The summed E-state index contributed by atoms with van der Waals surface area (Å²) in [7, 11) is 0. The zero-order valence-electron chi connectivity index (χ0n) is 10.5. The Kier molecular flexibility index (Phi) is 3.03. The molecule has 5 heteroatoms. The van der Waals surface area contributed by atoms with Crippen molar-refractivity contribution in [1.29, 1.82) is 0 Å². The predicted molar refractivity (Wildman–Crippen MR) is 72.7 cm³/mol. The molecule has 1 aliphatic rings. The number of benzene rings is 1. The fourth-order valence-electron chi connectivity index (χ4n) is 2.41. The first-order chi connectivity index (χ1) is 9.16. The Labute approximate surface area is 115 Å². The molecule has 1 aliphatic heterocycles. The maximum absolute atomic E-state index is 12.5. The summed E-state index contributed by atoms with van der Waals surface area (Å²) in [5.74, 6) is 0.464. The van der Waals surface area contributed by atoms with Gasteiger partial charge in [-0.2, -0.15) is 0 Å². The van der Waals surface area contributed by atoms with Crippen molar-refractivity contribution in [2.24, 2.45) is 0 Å². The van der Waals surface area contributed by atoms with E-state index in [0.717, 1.165) is 24.1 Å². The summed E-state index contributed by atoms with van der Waals surface area (Å²) in [6.45, 7) is 2.42. The van der Waals surface area contributed by atoms with Crippen LogP contribution in [-0.2, 0) is 6.42 Å². The Balaban J connectivity index is 2.02. The third-order valence-electron chi connectivity index (χ3n) is 3.26. The average Bonchev–Trinajstić information content (AvgIpc) is 2.84. The molecule has 3 rings (SSSR count). The van der Waals surface area contributed by atoms with Crippen molar-refractivity contribution in [2.45, 2.75) is 19.8 Å². The molecular weight excluding hydrogens is 264 g/mol. The molecule has 0 radical (unpaired) electrons. The van der Waals surface area contributed by atoms with Gasteiger partial charge in [0.05, 0.1) is 10.7 Å². The number of amides is 1. The standard InChI is InChI=1S/C14H13ClN2O2/c1-9-8-12(16-19-9)14(18)17-7-3-5-10-4-2-6-11(15)13(10)17/h2,4,6,8H,3,5,7H2,1H3. The van der Waals surface area contributed by atoms with Gasteiger partial charge in [0.15, 0.2) is 5.69 Å². The maximum atomic E-state index is 12.5. The van der Waals surface area contributed by atoms with Crippen LogP contribution in [0.25, 0.3) is 0 Å². The van der Waals surface area contributed by atoms with Crippen molar-refractivity contribution in [3.63, 3.8) is 0 Å². The van der Waals surface area contributed by atoms with E-state index < -0.39 is 0 Å². The Morgan fingerprint density at radius 3 is 3.05 bits per heavy atom. The molecule has 98 valence electrons. The summed E-state index contributed by atoms with van der Waals surface area (Å²) < 4.78 is 4.96. The first-order valence-electron chi connectivity index (χ1n) is 6.19. The highest BCUT2D eigenvalue weighted by atomic mass is 35.5. The van der Waals surface area contributed by atoms with E-state index in [-0.39, 0.29) is 5.91 Å². The molecule has 0 aliphatic carbocycles. The molecule has 0 saturated carbocycles. The van der Waals surface area contributed by atoms with Crippen LogP contribution in [0, 0.1) is 6.92 Å². The average molecular weight is 277 g/mol. The van der Waals surface area contributed by atoms with Crippen molar-refractivity contribution in [1.82, 2.24) is 5.16 Å². The number of aromatic nitrogens is 1. The third kappa shape index (κ3) is 2.12. The smallest absolute Gasteiger partial charge is 0.280 e. The molecule has 0 bridgehead atoms. The minimum Gasteiger partial charge on any atom is -0.361 e. The second-order valence-electron chi connectivity index (χ2n) is 4.63. The fraction of sp³-hybridized carbons (Fsp3) is 0.286. The Morgan fingerprint density at radius 1 is 1.47 bits per heavy atom. The van der Waals surface area contributed by atoms with Crippen molar-refractivity contribution in [3.8, 4) is 0 Å². The van der Waals surface area contributed by atoms with E-state index in [1.807, 2.05) is 12.1 Å². The highest BCUT2D eigenvalue weighted by Crippen LogP contribution is 2.34. The van der Waals surface area contributed by atoms with Gasteiger partial charge in [0.25, 0.3) is 5.91 Å². The molecule has 0 saturated heterocycles. The van der Waals surface area contributed by atoms with Gasteiger partial charge in [0.1, 0.15) is 5.76 Å². The zero-order chi connectivity index (χ0) is 13.4. The number of hydrogen-bond donors (Lipinski definition) is 0. The molecule has 4 nitrogen and oxygen atoms in total. The van der Waals surface area contributed by atoms with Gasteiger partial charge in [-0.25, -0.2) is 0 Å². The van der Waals surface area contributed by atoms with Gasteiger partial charge in [0, 0.05) is 12.6 Å². The van der Waals surface area contributed by atoms with Crippen LogP contribution in [0.15, 0.2) is 28.8 Å². The van der Waals surface area contributed by atoms with Crippen LogP contribution in [0.5, 0.6) is 0 Å². The quantitative estimate of drug-likeness (QED) is 0.803. The fourth-order valence-corrected chi connectivity index (χ4v) is 2.71. The number of fused-ring (bicyclic) bond motifs is 1. The van der Waals surface area contributed by atoms with E-state index >= 15 is 0 Å². The second-order valence-corrected chi connectivity index (χ2v) is 5.04. The van der Waals surface area contributed by atoms with Crippen LogP contribution in [0.2, 0.25) is 5.02 Å². The highest BCUT2D eigenvalue weighted by Gasteiger charge is 2.27. The normalized spacial score (nSPS) is 14.3. The topological polar surface area (TPSA) is 46.3 Å². The SMILES string of the molecule is Cc1cc(C(=O)N2CCCc3cccc(Cl)c32)no1. The largest absolute Gasteiger partial charge is 0.361 e. The first kappa shape index (κ1) is 12.2. The van der Waals surface area contributed by atoms with Crippen LogP contribution >= 0.6 is 11.6 Å². The summed E-state index contributed by atoms with van der Waals surface area (Å²) in [6, 6.07) is 7.37. The number of carbonyl (C=O) groups is 1. The van der Waals surface area contributed by atoms with Gasteiger partial charge in [-0.3, -0.25) is 4.79 Å². The van der Waals surface area contributed by atoms with Crippen molar-refractivity contribution in [2.75, 3.05) is 11.4 Å². The second kappa shape index (κ2) is 4.70. The number of hydrogen-bond acceptors (Lipinski definition) is 3. The zero-order valence-corrected chi connectivity index (χ0v) is 11.3. The number of aryl methyl sites for hydroxylation is 2. The van der Waals surface area contributed by atoms with Gasteiger partial charge < -0.3 is 9.42 Å². The van der Waals surface area contributed by atoms with Gasteiger partial charge in [-0.15, -0.1) is 0 Å². The first-order valence-corrected chi connectivity index (χ1v) is 6.57. The lowest BCUT2D eigenvalue weighted by molar-refractivity contribution is 0.0976. The van der Waals surface area contributed by atoms with Crippen LogP contribution in [0.3, 0.4) is 0 Å². The van der Waals surface area contributed by atoms with Gasteiger partial charge in [0.2, 0.25) is 0 Å². The molecule has 1 aromatic carbocycles. The molecule has 0 fully saturated rings. The summed E-state index contributed by atoms with van der Waals surface area (Å²) >= 11 is 6.24. The molecular formula is C14H13ClN2O2. The summed E-state index contributed by atoms with van der Waals surface area (Å²) in [5, 5.41) is 4.39. The van der Waals surface area contributed by atoms with E-state index in [1.54, 1.807) is 24.0 Å². The molecule has 0 unspecified atom stereocenters. The highest BCUT2D eigenvalue weighted by molar-refractivity contribution is 6.34. The van der Waals surface area contributed by atoms with Crippen molar-refractivity contribution >= 4 is 23.2 Å². The molecule has 0 spiro atoms.